The number of carbonyl (C=O) groups is 2. The molecule has 146 valence electrons. The molecule has 0 N–H and O–H groups in total. The van der Waals surface area contributed by atoms with Crippen LogP contribution in [-0.2, 0) is 12.8 Å². The minimum absolute atomic E-state index is 0.133. The van der Waals surface area contributed by atoms with Gasteiger partial charge in [-0.1, -0.05) is 12.1 Å². The van der Waals surface area contributed by atoms with Gasteiger partial charge in [0.25, 0.3) is 0 Å². The smallest absolute Gasteiger partial charge is 0.193 e. The summed E-state index contributed by atoms with van der Waals surface area (Å²) in [7, 11) is 0. The summed E-state index contributed by atoms with van der Waals surface area (Å²) >= 11 is 0. The molecule has 0 amide bonds. The Morgan fingerprint density at radius 2 is 1.23 bits per heavy atom. The van der Waals surface area contributed by atoms with Crippen LogP contribution in [-0.4, -0.2) is 11.6 Å². The quantitative estimate of drug-likeness (QED) is 0.415. The number of carbonyl (C=O) groups excluding carboxylic acids is 2. The van der Waals surface area contributed by atoms with E-state index in [2.05, 4.69) is 0 Å². The number of hydrogen-bond acceptors (Lipinski definition) is 2. The summed E-state index contributed by atoms with van der Waals surface area (Å²) < 4.78 is 26.4. The predicted molar refractivity (Wildman–Crippen MR) is 111 cm³/mol. The molecule has 0 aliphatic heterocycles. The average molecular weight is 398 g/mol. The van der Waals surface area contributed by atoms with Gasteiger partial charge in [-0.2, -0.15) is 0 Å². The first-order valence-corrected chi connectivity index (χ1v) is 9.70. The van der Waals surface area contributed by atoms with E-state index < -0.39 is 0 Å². The Balaban J connectivity index is 1.58. The highest BCUT2D eigenvalue weighted by atomic mass is 19.1. The van der Waals surface area contributed by atoms with Crippen molar-refractivity contribution in [1.82, 2.24) is 0 Å². The molecular weight excluding hydrogens is 382 g/mol. The van der Waals surface area contributed by atoms with Crippen LogP contribution in [0.5, 0.6) is 0 Å². The predicted octanol–water partition coefficient (Wildman–Crippen LogP) is 5.68. The van der Waals surface area contributed by atoms with Gasteiger partial charge in [0, 0.05) is 22.3 Å². The third kappa shape index (κ3) is 3.01. The topological polar surface area (TPSA) is 34.1 Å². The molecule has 0 radical (unpaired) electrons. The maximum absolute atomic E-state index is 13.2. The van der Waals surface area contributed by atoms with Gasteiger partial charge in [-0.25, -0.2) is 8.78 Å². The van der Waals surface area contributed by atoms with Gasteiger partial charge in [0.2, 0.25) is 0 Å². The highest BCUT2D eigenvalue weighted by Crippen LogP contribution is 2.35. The summed E-state index contributed by atoms with van der Waals surface area (Å²) in [5.74, 6) is -1.05. The second kappa shape index (κ2) is 6.99. The first-order chi connectivity index (χ1) is 14.5. The molecule has 0 heterocycles. The Morgan fingerprint density at radius 3 is 1.87 bits per heavy atom. The van der Waals surface area contributed by atoms with E-state index in [1.54, 1.807) is 6.07 Å². The Hall–Kier alpha value is -3.66. The van der Waals surface area contributed by atoms with Crippen molar-refractivity contribution < 1.29 is 18.4 Å². The third-order valence-corrected chi connectivity index (χ3v) is 5.67. The Bertz CT molecular complexity index is 1320. The third-order valence-electron chi connectivity index (χ3n) is 5.67. The zero-order valence-corrected chi connectivity index (χ0v) is 15.9. The van der Waals surface area contributed by atoms with Crippen molar-refractivity contribution in [2.75, 3.05) is 0 Å². The van der Waals surface area contributed by atoms with E-state index in [0.29, 0.717) is 28.7 Å². The second-order valence-corrected chi connectivity index (χ2v) is 7.50. The SMILES string of the molecule is O=C(c1ccc(F)cc1)c1cc2c3c(c(C(=O)c4ccc(F)cc4)ccc3c1)CC2. The lowest BCUT2D eigenvalue weighted by Gasteiger charge is -2.10. The first-order valence-electron chi connectivity index (χ1n) is 9.70. The summed E-state index contributed by atoms with van der Waals surface area (Å²) in [4.78, 5) is 25.9. The van der Waals surface area contributed by atoms with Crippen LogP contribution in [0.3, 0.4) is 0 Å². The van der Waals surface area contributed by atoms with Gasteiger partial charge >= 0.3 is 0 Å². The molecule has 4 heteroatoms. The minimum Gasteiger partial charge on any atom is -0.289 e. The number of halogens is 2. The molecular formula is C26H16F2O2. The van der Waals surface area contributed by atoms with Crippen LogP contribution in [0.4, 0.5) is 8.78 Å². The highest BCUT2D eigenvalue weighted by molar-refractivity contribution is 6.15. The molecule has 0 bridgehead atoms. The van der Waals surface area contributed by atoms with Gasteiger partial charge < -0.3 is 0 Å². The molecule has 0 fully saturated rings. The summed E-state index contributed by atoms with van der Waals surface area (Å²) in [5.41, 5.74) is 4.05. The van der Waals surface area contributed by atoms with Gasteiger partial charge in [-0.3, -0.25) is 9.59 Å². The van der Waals surface area contributed by atoms with Crippen LogP contribution >= 0.6 is 0 Å². The maximum Gasteiger partial charge on any atom is 0.193 e. The minimum atomic E-state index is -0.383. The van der Waals surface area contributed by atoms with Gasteiger partial charge in [-0.05, 0) is 95.4 Å². The van der Waals surface area contributed by atoms with Gasteiger partial charge in [-0.15, -0.1) is 0 Å². The van der Waals surface area contributed by atoms with Crippen LogP contribution in [0, 0.1) is 11.6 Å². The van der Waals surface area contributed by atoms with Crippen molar-refractivity contribution in [2.45, 2.75) is 12.8 Å². The molecule has 0 aromatic heterocycles. The summed E-state index contributed by atoms with van der Waals surface area (Å²) in [6.45, 7) is 0. The van der Waals surface area contributed by atoms with Crippen LogP contribution < -0.4 is 0 Å². The number of aryl methyl sites for hydroxylation is 2. The number of hydrogen-bond donors (Lipinski definition) is 0. The van der Waals surface area contributed by atoms with E-state index in [1.807, 2.05) is 18.2 Å². The van der Waals surface area contributed by atoms with Crippen LogP contribution in [0.15, 0.2) is 72.8 Å². The fraction of sp³-hybridized carbons (Fsp3) is 0.0769. The maximum atomic E-state index is 13.2. The van der Waals surface area contributed by atoms with Crippen molar-refractivity contribution in [3.63, 3.8) is 0 Å². The Kier molecular flexibility index (Phi) is 4.28. The lowest BCUT2D eigenvalue weighted by molar-refractivity contribution is 0.103. The Morgan fingerprint density at radius 1 is 0.633 bits per heavy atom. The molecule has 30 heavy (non-hydrogen) atoms. The second-order valence-electron chi connectivity index (χ2n) is 7.50. The molecule has 0 unspecified atom stereocenters. The Labute approximate surface area is 171 Å². The summed E-state index contributed by atoms with van der Waals surface area (Å²) in [5, 5.41) is 1.92. The summed E-state index contributed by atoms with van der Waals surface area (Å²) in [6.07, 6.45) is 1.45. The summed E-state index contributed by atoms with van der Waals surface area (Å²) in [6, 6.07) is 18.4. The number of ketones is 2. The zero-order valence-electron chi connectivity index (χ0n) is 15.9. The van der Waals surface area contributed by atoms with Crippen LogP contribution in [0.2, 0.25) is 0 Å². The van der Waals surface area contributed by atoms with Crippen molar-refractivity contribution in [3.8, 4) is 0 Å². The molecule has 5 rings (SSSR count). The fourth-order valence-electron chi connectivity index (χ4n) is 4.22. The lowest BCUT2D eigenvalue weighted by Crippen LogP contribution is -2.05. The van der Waals surface area contributed by atoms with Gasteiger partial charge in [0.1, 0.15) is 11.6 Å². The largest absolute Gasteiger partial charge is 0.289 e. The highest BCUT2D eigenvalue weighted by Gasteiger charge is 2.23. The molecule has 4 aromatic rings. The molecule has 0 spiro atoms. The molecule has 0 atom stereocenters. The lowest BCUT2D eigenvalue weighted by atomic mass is 9.92. The molecule has 0 saturated carbocycles. The van der Waals surface area contributed by atoms with E-state index in [1.165, 1.54) is 48.5 Å². The number of rotatable bonds is 4. The molecule has 0 saturated heterocycles. The first kappa shape index (κ1) is 18.4. The van der Waals surface area contributed by atoms with E-state index in [4.69, 9.17) is 0 Å². The normalized spacial score (nSPS) is 12.3. The molecule has 2 nitrogen and oxygen atoms in total. The van der Waals surface area contributed by atoms with Crippen molar-refractivity contribution >= 4 is 22.3 Å². The standard InChI is InChI=1S/C26H16F2O2/c27-20-7-1-15(2-8-20)25(29)19-13-17-5-11-22-23(12-6-18(14-19)24(17)22)26(30)16-3-9-21(28)10-4-16/h1-4,6-10,12-14H,5,11H2. The van der Waals surface area contributed by atoms with Crippen LogP contribution in [0.1, 0.15) is 43.0 Å². The average Bonchev–Trinajstić information content (AvgIpc) is 3.19. The van der Waals surface area contributed by atoms with Crippen LogP contribution in [0.25, 0.3) is 10.8 Å². The fourth-order valence-corrected chi connectivity index (χ4v) is 4.22. The van der Waals surface area contributed by atoms with Gasteiger partial charge in [0.05, 0.1) is 0 Å². The monoisotopic (exact) mass is 398 g/mol. The molecule has 4 aromatic carbocycles. The zero-order chi connectivity index (χ0) is 20.8. The van der Waals surface area contributed by atoms with Crippen molar-refractivity contribution in [1.29, 1.82) is 0 Å². The van der Waals surface area contributed by atoms with E-state index in [9.17, 15) is 18.4 Å². The molecule has 1 aliphatic carbocycles. The van der Waals surface area contributed by atoms with Crippen molar-refractivity contribution in [3.05, 3.63) is 118 Å². The van der Waals surface area contributed by atoms with Gasteiger partial charge in [0.15, 0.2) is 11.6 Å². The van der Waals surface area contributed by atoms with Crippen molar-refractivity contribution in [2.24, 2.45) is 0 Å². The number of benzene rings is 4. The molecule has 1 aliphatic rings. The van der Waals surface area contributed by atoms with E-state index in [-0.39, 0.29) is 23.2 Å². The van der Waals surface area contributed by atoms with E-state index >= 15 is 0 Å². The van der Waals surface area contributed by atoms with E-state index in [0.717, 1.165) is 28.3 Å².